The van der Waals surface area contributed by atoms with Crippen LogP contribution >= 0.6 is 0 Å². The fourth-order valence-electron chi connectivity index (χ4n) is 3.45. The second kappa shape index (κ2) is 7.19. The third-order valence-electron chi connectivity index (χ3n) is 4.90. The fourth-order valence-corrected chi connectivity index (χ4v) is 3.45. The summed E-state index contributed by atoms with van der Waals surface area (Å²) < 4.78 is 4.08. The van der Waals surface area contributed by atoms with E-state index in [9.17, 15) is 0 Å². The highest BCUT2D eigenvalue weighted by Crippen LogP contribution is 2.30. The summed E-state index contributed by atoms with van der Waals surface area (Å²) in [6.07, 6.45) is 4.39. The van der Waals surface area contributed by atoms with Crippen LogP contribution in [0.1, 0.15) is 23.9 Å². The van der Waals surface area contributed by atoms with Crippen molar-refractivity contribution >= 4 is 0 Å². The minimum Gasteiger partial charge on any atom is -0.327 e. The molecule has 0 amide bonds. The summed E-state index contributed by atoms with van der Waals surface area (Å²) in [6, 6.07) is 10.2. The Kier molecular flexibility index (Phi) is 4.58. The number of benzene rings is 1. The predicted octanol–water partition coefficient (Wildman–Crippen LogP) is 3.41. The zero-order valence-electron chi connectivity index (χ0n) is 15.8. The number of aromatic amines is 1. The van der Waals surface area contributed by atoms with Gasteiger partial charge >= 0.3 is 0 Å². The van der Waals surface area contributed by atoms with Crippen molar-refractivity contribution < 1.29 is 0 Å². The van der Waals surface area contributed by atoms with E-state index in [4.69, 9.17) is 4.98 Å². The summed E-state index contributed by atoms with van der Waals surface area (Å²) in [5, 5.41) is 11.7. The Balaban J connectivity index is 1.77. The highest BCUT2D eigenvalue weighted by atomic mass is 15.3. The first-order valence-electron chi connectivity index (χ1n) is 9.18. The van der Waals surface area contributed by atoms with Gasteiger partial charge in [-0.2, -0.15) is 10.2 Å². The molecule has 0 aliphatic heterocycles. The summed E-state index contributed by atoms with van der Waals surface area (Å²) in [4.78, 5) is 9.25. The molecule has 0 radical (unpaired) electrons. The van der Waals surface area contributed by atoms with Crippen molar-refractivity contribution in [1.29, 1.82) is 0 Å². The first-order chi connectivity index (χ1) is 13.2. The zero-order valence-corrected chi connectivity index (χ0v) is 15.8. The molecule has 0 spiro atoms. The molecule has 0 aliphatic rings. The standard InChI is InChI=1S/C20H23N7/c1-4-27-20(21-12-23-27)19-18(16-8-6-5-7-9-16)22-13-26(19)11-10-17-14(2)24-25-15(17)3/h5-9,12-13H,4,10-11H2,1-3H3,(H,24,25). The molecule has 27 heavy (non-hydrogen) atoms. The van der Waals surface area contributed by atoms with Gasteiger partial charge in [0.2, 0.25) is 0 Å². The topological polar surface area (TPSA) is 77.2 Å². The van der Waals surface area contributed by atoms with E-state index in [1.165, 1.54) is 5.56 Å². The number of nitrogens with one attached hydrogen (secondary N) is 1. The van der Waals surface area contributed by atoms with Crippen molar-refractivity contribution in [2.24, 2.45) is 0 Å². The van der Waals surface area contributed by atoms with Crippen molar-refractivity contribution in [3.8, 4) is 22.8 Å². The largest absolute Gasteiger partial charge is 0.327 e. The molecule has 0 atom stereocenters. The summed E-state index contributed by atoms with van der Waals surface area (Å²) >= 11 is 0. The summed E-state index contributed by atoms with van der Waals surface area (Å²) in [5.74, 6) is 0.842. The molecule has 4 aromatic rings. The van der Waals surface area contributed by atoms with Crippen molar-refractivity contribution in [2.75, 3.05) is 0 Å². The molecule has 0 saturated heterocycles. The molecular formula is C20H23N7. The maximum Gasteiger partial charge on any atom is 0.177 e. The molecule has 3 aromatic heterocycles. The van der Waals surface area contributed by atoms with Crippen LogP contribution in [-0.2, 0) is 19.5 Å². The normalized spacial score (nSPS) is 11.2. The summed E-state index contributed by atoms with van der Waals surface area (Å²) in [5.41, 5.74) is 6.43. The molecule has 4 rings (SSSR count). The number of imidazole rings is 1. The van der Waals surface area contributed by atoms with Gasteiger partial charge in [0, 0.05) is 24.3 Å². The van der Waals surface area contributed by atoms with Gasteiger partial charge in [-0.15, -0.1) is 0 Å². The van der Waals surface area contributed by atoms with Crippen molar-refractivity contribution in [1.82, 2.24) is 34.5 Å². The lowest BCUT2D eigenvalue weighted by atomic mass is 10.1. The number of rotatable bonds is 6. The number of H-pyrrole nitrogens is 1. The molecule has 0 saturated carbocycles. The van der Waals surface area contributed by atoms with E-state index in [-0.39, 0.29) is 0 Å². The van der Waals surface area contributed by atoms with E-state index in [0.717, 1.165) is 53.7 Å². The average Bonchev–Trinajstić information content (AvgIpc) is 3.39. The third kappa shape index (κ3) is 3.16. The van der Waals surface area contributed by atoms with Gasteiger partial charge in [0.15, 0.2) is 5.82 Å². The highest BCUT2D eigenvalue weighted by molar-refractivity contribution is 5.75. The number of hydrogen-bond donors (Lipinski definition) is 1. The second-order valence-electron chi connectivity index (χ2n) is 6.56. The van der Waals surface area contributed by atoms with Gasteiger partial charge in [-0.3, -0.25) is 5.10 Å². The molecular weight excluding hydrogens is 338 g/mol. The number of hydrogen-bond acceptors (Lipinski definition) is 4. The van der Waals surface area contributed by atoms with E-state index in [2.05, 4.69) is 50.8 Å². The third-order valence-corrected chi connectivity index (χ3v) is 4.90. The molecule has 0 unspecified atom stereocenters. The van der Waals surface area contributed by atoms with Crippen molar-refractivity contribution in [3.63, 3.8) is 0 Å². The van der Waals surface area contributed by atoms with Gasteiger partial charge in [-0.05, 0) is 32.8 Å². The minimum atomic E-state index is 0.759. The van der Waals surface area contributed by atoms with Crippen LogP contribution in [0.2, 0.25) is 0 Å². The predicted molar refractivity (Wildman–Crippen MR) is 104 cm³/mol. The van der Waals surface area contributed by atoms with Gasteiger partial charge in [-0.25, -0.2) is 14.6 Å². The maximum absolute atomic E-state index is 4.72. The average molecular weight is 361 g/mol. The van der Waals surface area contributed by atoms with Crippen LogP contribution in [-0.4, -0.2) is 34.5 Å². The van der Waals surface area contributed by atoms with Crippen LogP contribution in [0.25, 0.3) is 22.8 Å². The quantitative estimate of drug-likeness (QED) is 0.571. The highest BCUT2D eigenvalue weighted by Gasteiger charge is 2.20. The lowest BCUT2D eigenvalue weighted by Crippen LogP contribution is -2.08. The molecule has 7 heteroatoms. The van der Waals surface area contributed by atoms with Gasteiger partial charge in [0.05, 0.1) is 17.7 Å². The van der Waals surface area contributed by atoms with E-state index in [1.807, 2.05) is 36.1 Å². The maximum atomic E-state index is 4.72. The van der Waals surface area contributed by atoms with Crippen LogP contribution in [0.3, 0.4) is 0 Å². The molecule has 7 nitrogen and oxygen atoms in total. The Labute approximate surface area is 158 Å². The molecule has 0 bridgehead atoms. The van der Waals surface area contributed by atoms with Crippen LogP contribution < -0.4 is 0 Å². The van der Waals surface area contributed by atoms with E-state index >= 15 is 0 Å². The molecule has 3 heterocycles. The Morgan fingerprint density at radius 2 is 1.89 bits per heavy atom. The molecule has 1 N–H and O–H groups in total. The lowest BCUT2D eigenvalue weighted by Gasteiger charge is -2.11. The van der Waals surface area contributed by atoms with Crippen LogP contribution in [0.5, 0.6) is 0 Å². The Bertz CT molecular complexity index is 1020. The molecule has 138 valence electrons. The number of aryl methyl sites for hydroxylation is 4. The van der Waals surface area contributed by atoms with E-state index < -0.39 is 0 Å². The van der Waals surface area contributed by atoms with Gasteiger partial charge in [-0.1, -0.05) is 30.3 Å². The van der Waals surface area contributed by atoms with Crippen LogP contribution in [0.4, 0.5) is 0 Å². The monoisotopic (exact) mass is 361 g/mol. The summed E-state index contributed by atoms with van der Waals surface area (Å²) in [7, 11) is 0. The first-order valence-corrected chi connectivity index (χ1v) is 9.18. The zero-order chi connectivity index (χ0) is 18.8. The Morgan fingerprint density at radius 1 is 1.07 bits per heavy atom. The fraction of sp³-hybridized carbons (Fsp3) is 0.300. The first kappa shape index (κ1) is 17.2. The molecule has 0 fully saturated rings. The smallest absolute Gasteiger partial charge is 0.177 e. The molecule has 0 aliphatic carbocycles. The Morgan fingerprint density at radius 3 is 2.59 bits per heavy atom. The summed E-state index contributed by atoms with van der Waals surface area (Å²) in [6.45, 7) is 7.73. The SMILES string of the molecule is CCn1ncnc1-c1c(-c2ccccc2)ncn1CCc1c(C)n[nH]c1C. The van der Waals surface area contributed by atoms with E-state index in [0.29, 0.717) is 0 Å². The second-order valence-corrected chi connectivity index (χ2v) is 6.56. The van der Waals surface area contributed by atoms with E-state index in [1.54, 1.807) is 6.33 Å². The van der Waals surface area contributed by atoms with Crippen molar-refractivity contribution in [2.45, 2.75) is 40.3 Å². The van der Waals surface area contributed by atoms with Crippen LogP contribution in [0, 0.1) is 13.8 Å². The number of aromatic nitrogens is 7. The van der Waals surface area contributed by atoms with Gasteiger partial charge < -0.3 is 4.57 Å². The number of nitrogens with zero attached hydrogens (tertiary/aromatic N) is 6. The van der Waals surface area contributed by atoms with Gasteiger partial charge in [0.1, 0.15) is 12.0 Å². The lowest BCUT2D eigenvalue weighted by molar-refractivity contribution is 0.648. The molecule has 1 aromatic carbocycles. The Hall–Kier alpha value is -3.22. The minimum absolute atomic E-state index is 0.759. The van der Waals surface area contributed by atoms with Gasteiger partial charge in [0.25, 0.3) is 0 Å². The van der Waals surface area contributed by atoms with Crippen LogP contribution in [0.15, 0.2) is 43.0 Å². The van der Waals surface area contributed by atoms with Crippen molar-refractivity contribution in [3.05, 3.63) is 59.9 Å².